The molecule has 25 heavy (non-hydrogen) atoms. The van der Waals surface area contributed by atoms with E-state index in [9.17, 15) is 18.4 Å². The Morgan fingerprint density at radius 3 is 2.44 bits per heavy atom. The number of nitrogens with zero attached hydrogens (tertiary/aromatic N) is 5. The largest absolute Gasteiger partial charge is 0.275 e. The first kappa shape index (κ1) is 17.1. The highest BCUT2D eigenvalue weighted by molar-refractivity contribution is 5.97. The van der Waals surface area contributed by atoms with Crippen LogP contribution in [0.25, 0.3) is 0 Å². The molecule has 0 aliphatic carbocycles. The standard InChI is InChI=1S/C16H17F2N5O2/c17-16(18)12-8-14(24)22(15(25)9-12)10-13-19-20-21-23(13)7-6-11-4-2-1-3-5-11/h1-5,12,16H,6-10H2. The van der Waals surface area contributed by atoms with Gasteiger partial charge in [0.25, 0.3) is 0 Å². The van der Waals surface area contributed by atoms with Crippen LogP contribution in [0.15, 0.2) is 30.3 Å². The number of rotatable bonds is 6. The van der Waals surface area contributed by atoms with Crippen molar-refractivity contribution in [1.82, 2.24) is 25.1 Å². The average Bonchev–Trinajstić information content (AvgIpc) is 3.04. The van der Waals surface area contributed by atoms with E-state index >= 15 is 0 Å². The van der Waals surface area contributed by atoms with Gasteiger partial charge < -0.3 is 0 Å². The summed E-state index contributed by atoms with van der Waals surface area (Å²) in [5.41, 5.74) is 1.11. The van der Waals surface area contributed by atoms with Crippen LogP contribution in [0, 0.1) is 5.92 Å². The van der Waals surface area contributed by atoms with Gasteiger partial charge in [-0.25, -0.2) is 13.5 Å². The monoisotopic (exact) mass is 349 g/mol. The molecule has 0 saturated carbocycles. The summed E-state index contributed by atoms with van der Waals surface area (Å²) in [6, 6.07) is 9.74. The van der Waals surface area contributed by atoms with E-state index in [1.807, 2.05) is 30.3 Å². The van der Waals surface area contributed by atoms with Gasteiger partial charge in [0.1, 0.15) is 0 Å². The predicted molar refractivity (Wildman–Crippen MR) is 82.2 cm³/mol. The molecule has 0 unspecified atom stereocenters. The lowest BCUT2D eigenvalue weighted by atomic mass is 9.96. The molecule has 2 amide bonds. The molecule has 132 valence electrons. The minimum absolute atomic E-state index is 0.102. The number of carbonyl (C=O) groups is 2. The smallest absolute Gasteiger partial charge is 0.242 e. The van der Waals surface area contributed by atoms with Crippen molar-refractivity contribution in [3.8, 4) is 0 Å². The van der Waals surface area contributed by atoms with Gasteiger partial charge in [0.15, 0.2) is 5.82 Å². The van der Waals surface area contributed by atoms with Gasteiger partial charge in [-0.2, -0.15) is 0 Å². The van der Waals surface area contributed by atoms with Gasteiger partial charge in [0.2, 0.25) is 18.2 Å². The Kier molecular flexibility index (Phi) is 5.11. The number of tetrazole rings is 1. The number of carbonyl (C=O) groups excluding carboxylic acids is 2. The third-order valence-corrected chi connectivity index (χ3v) is 4.19. The molecule has 3 rings (SSSR count). The summed E-state index contributed by atoms with van der Waals surface area (Å²) >= 11 is 0. The zero-order valence-corrected chi connectivity index (χ0v) is 13.4. The van der Waals surface area contributed by atoms with E-state index in [4.69, 9.17) is 0 Å². The minimum atomic E-state index is -2.67. The molecule has 0 radical (unpaired) electrons. The van der Waals surface area contributed by atoms with Gasteiger partial charge in [0.05, 0.1) is 6.54 Å². The van der Waals surface area contributed by atoms with Crippen LogP contribution in [-0.4, -0.2) is 43.3 Å². The van der Waals surface area contributed by atoms with Crippen LogP contribution in [0.1, 0.15) is 24.2 Å². The van der Waals surface area contributed by atoms with Gasteiger partial charge in [-0.1, -0.05) is 30.3 Å². The van der Waals surface area contributed by atoms with E-state index < -0.39 is 24.2 Å². The van der Waals surface area contributed by atoms with E-state index in [0.29, 0.717) is 18.8 Å². The molecule has 0 atom stereocenters. The summed E-state index contributed by atoms with van der Waals surface area (Å²) in [6.07, 6.45) is -2.66. The lowest BCUT2D eigenvalue weighted by Gasteiger charge is -2.29. The molecule has 1 fully saturated rings. The highest BCUT2D eigenvalue weighted by atomic mass is 19.3. The molecule has 2 aromatic rings. The fourth-order valence-electron chi connectivity index (χ4n) is 2.77. The number of benzene rings is 1. The Morgan fingerprint density at radius 1 is 1.12 bits per heavy atom. The van der Waals surface area contributed by atoms with Crippen LogP contribution in [0.2, 0.25) is 0 Å². The number of imide groups is 1. The van der Waals surface area contributed by atoms with Crippen LogP contribution in [0.4, 0.5) is 8.78 Å². The first-order valence-electron chi connectivity index (χ1n) is 7.95. The van der Waals surface area contributed by atoms with Crippen LogP contribution in [0.3, 0.4) is 0 Å². The molecule has 2 heterocycles. The summed E-state index contributed by atoms with van der Waals surface area (Å²) in [5, 5.41) is 11.3. The maximum atomic E-state index is 12.7. The second kappa shape index (κ2) is 7.45. The molecule has 7 nitrogen and oxygen atoms in total. The quantitative estimate of drug-likeness (QED) is 0.737. The number of piperidine rings is 1. The third-order valence-electron chi connectivity index (χ3n) is 4.19. The lowest BCUT2D eigenvalue weighted by Crippen LogP contribution is -2.44. The fraction of sp³-hybridized carbons (Fsp3) is 0.438. The van der Waals surface area contributed by atoms with Crippen molar-refractivity contribution in [1.29, 1.82) is 0 Å². The first-order chi connectivity index (χ1) is 12.0. The molecule has 0 spiro atoms. The second-order valence-corrected chi connectivity index (χ2v) is 5.93. The van der Waals surface area contributed by atoms with Crippen molar-refractivity contribution < 1.29 is 18.4 Å². The van der Waals surface area contributed by atoms with Gasteiger partial charge in [-0.3, -0.25) is 14.5 Å². The highest BCUT2D eigenvalue weighted by Crippen LogP contribution is 2.26. The number of likely N-dealkylation sites (tertiary alicyclic amines) is 1. The second-order valence-electron chi connectivity index (χ2n) is 5.93. The molecule has 1 aromatic heterocycles. The van der Waals surface area contributed by atoms with Gasteiger partial charge >= 0.3 is 0 Å². The lowest BCUT2D eigenvalue weighted by molar-refractivity contribution is -0.153. The van der Waals surface area contributed by atoms with Crippen LogP contribution < -0.4 is 0 Å². The van der Waals surface area contributed by atoms with E-state index in [2.05, 4.69) is 15.5 Å². The van der Waals surface area contributed by atoms with Crippen molar-refractivity contribution >= 4 is 11.8 Å². The summed E-state index contributed by atoms with van der Waals surface area (Å²) in [5.74, 6) is -2.07. The Hall–Kier alpha value is -2.71. The topological polar surface area (TPSA) is 81.0 Å². The molecule has 0 N–H and O–H groups in total. The van der Waals surface area contributed by atoms with Gasteiger partial charge in [0, 0.05) is 25.3 Å². The summed E-state index contributed by atoms with van der Waals surface area (Å²) in [7, 11) is 0. The average molecular weight is 349 g/mol. The van der Waals surface area contributed by atoms with Crippen molar-refractivity contribution in [2.45, 2.75) is 38.8 Å². The van der Waals surface area contributed by atoms with Crippen LogP contribution in [-0.2, 0) is 29.1 Å². The molecular formula is C16H17F2N5O2. The molecule has 0 bridgehead atoms. The number of halogens is 2. The normalized spacial score (nSPS) is 16.0. The maximum Gasteiger partial charge on any atom is 0.242 e. The molecule has 9 heteroatoms. The van der Waals surface area contributed by atoms with E-state index in [-0.39, 0.29) is 19.4 Å². The third kappa shape index (κ3) is 4.04. The Labute approximate surface area is 142 Å². The summed E-state index contributed by atoms with van der Waals surface area (Å²) in [4.78, 5) is 25.0. The number of aromatic nitrogens is 4. The SMILES string of the molecule is O=C1CC(C(F)F)CC(=O)N1Cc1nnnn1CCc1ccccc1. The van der Waals surface area contributed by atoms with E-state index in [1.165, 1.54) is 4.68 Å². The van der Waals surface area contributed by atoms with E-state index in [1.54, 1.807) is 0 Å². The number of aryl methyl sites for hydroxylation is 2. The zero-order valence-electron chi connectivity index (χ0n) is 13.4. The van der Waals surface area contributed by atoms with Crippen molar-refractivity contribution in [3.63, 3.8) is 0 Å². The van der Waals surface area contributed by atoms with Crippen molar-refractivity contribution in [2.75, 3.05) is 0 Å². The Balaban J connectivity index is 1.65. The molecule has 1 aliphatic rings. The number of amides is 2. The fourth-order valence-corrected chi connectivity index (χ4v) is 2.77. The zero-order chi connectivity index (χ0) is 17.8. The Bertz CT molecular complexity index is 732. The molecule has 1 aromatic carbocycles. The van der Waals surface area contributed by atoms with Gasteiger partial charge in [-0.15, -0.1) is 5.10 Å². The maximum absolute atomic E-state index is 12.7. The number of hydrogen-bond donors (Lipinski definition) is 0. The minimum Gasteiger partial charge on any atom is -0.275 e. The Morgan fingerprint density at radius 2 is 1.80 bits per heavy atom. The molecule has 1 aliphatic heterocycles. The van der Waals surface area contributed by atoms with Crippen LogP contribution in [0.5, 0.6) is 0 Å². The predicted octanol–water partition coefficient (Wildman–Crippen LogP) is 1.45. The summed E-state index contributed by atoms with van der Waals surface area (Å²) in [6.45, 7) is 0.387. The number of alkyl halides is 2. The number of hydrogen-bond acceptors (Lipinski definition) is 5. The van der Waals surface area contributed by atoms with Crippen LogP contribution >= 0.6 is 0 Å². The van der Waals surface area contributed by atoms with Crippen molar-refractivity contribution in [3.05, 3.63) is 41.7 Å². The molecular weight excluding hydrogens is 332 g/mol. The summed E-state index contributed by atoms with van der Waals surface area (Å²) < 4.78 is 27.0. The molecule has 1 saturated heterocycles. The van der Waals surface area contributed by atoms with Crippen molar-refractivity contribution in [2.24, 2.45) is 5.92 Å². The first-order valence-corrected chi connectivity index (χ1v) is 7.95. The highest BCUT2D eigenvalue weighted by Gasteiger charge is 2.37. The van der Waals surface area contributed by atoms with Gasteiger partial charge in [-0.05, 0) is 22.4 Å². The van der Waals surface area contributed by atoms with E-state index in [0.717, 1.165) is 10.5 Å².